The van der Waals surface area contributed by atoms with Crippen LogP contribution in [0, 0.1) is 5.92 Å². The number of carboxylic acid groups (broad SMARTS) is 1. The number of carbonyl (C=O) groups excluding carboxylic acids is 2. The summed E-state index contributed by atoms with van der Waals surface area (Å²) in [4.78, 5) is 38.9. The van der Waals surface area contributed by atoms with Crippen molar-refractivity contribution in [1.29, 1.82) is 0 Å². The second-order valence-electron chi connectivity index (χ2n) is 8.84. The number of alkyl carbamates (subject to hydrolysis) is 1. The highest BCUT2D eigenvalue weighted by Gasteiger charge is 2.38. The van der Waals surface area contributed by atoms with Crippen molar-refractivity contribution in [3.05, 3.63) is 59.7 Å². The molecule has 2 aromatic rings. The van der Waals surface area contributed by atoms with Gasteiger partial charge >= 0.3 is 12.1 Å². The molecule has 1 fully saturated rings. The van der Waals surface area contributed by atoms with E-state index in [-0.39, 0.29) is 25.0 Å². The number of rotatable bonds is 7. The number of hydrogen-bond donors (Lipinski definition) is 2. The SMILES string of the molecule is COC[C@H](NC(=O)OCC1c2ccccc2-c2ccccc21)C(=O)N1CCC[C@@H](C(=O)O)[C@H]1C. The Morgan fingerprint density at radius 2 is 1.71 bits per heavy atom. The van der Waals surface area contributed by atoms with E-state index in [1.54, 1.807) is 6.92 Å². The van der Waals surface area contributed by atoms with E-state index < -0.39 is 30.1 Å². The molecule has 34 heavy (non-hydrogen) atoms. The third-order valence-corrected chi connectivity index (χ3v) is 6.86. The minimum absolute atomic E-state index is 0.0377. The number of likely N-dealkylation sites (tertiary alicyclic amines) is 1. The highest BCUT2D eigenvalue weighted by molar-refractivity contribution is 5.87. The van der Waals surface area contributed by atoms with Crippen molar-refractivity contribution in [3.8, 4) is 11.1 Å². The van der Waals surface area contributed by atoms with Crippen molar-refractivity contribution in [2.75, 3.05) is 26.9 Å². The monoisotopic (exact) mass is 466 g/mol. The Morgan fingerprint density at radius 1 is 1.09 bits per heavy atom. The number of methoxy groups -OCH3 is 1. The molecule has 0 aromatic heterocycles. The van der Waals surface area contributed by atoms with Crippen LogP contribution in [0.15, 0.2) is 48.5 Å². The highest BCUT2D eigenvalue weighted by atomic mass is 16.5. The fourth-order valence-corrected chi connectivity index (χ4v) is 5.11. The minimum Gasteiger partial charge on any atom is -0.481 e. The van der Waals surface area contributed by atoms with Crippen LogP contribution < -0.4 is 5.32 Å². The van der Waals surface area contributed by atoms with Gasteiger partial charge in [0.05, 0.1) is 12.5 Å². The van der Waals surface area contributed by atoms with Gasteiger partial charge < -0.3 is 24.8 Å². The lowest BCUT2D eigenvalue weighted by atomic mass is 9.90. The molecule has 2 aromatic carbocycles. The molecule has 2 aliphatic rings. The summed E-state index contributed by atoms with van der Waals surface area (Å²) >= 11 is 0. The van der Waals surface area contributed by atoms with E-state index in [0.29, 0.717) is 19.4 Å². The van der Waals surface area contributed by atoms with E-state index in [4.69, 9.17) is 9.47 Å². The van der Waals surface area contributed by atoms with Crippen LogP contribution in [-0.4, -0.2) is 66.9 Å². The average Bonchev–Trinajstić information content (AvgIpc) is 3.16. The van der Waals surface area contributed by atoms with Crippen LogP contribution in [0.5, 0.6) is 0 Å². The molecule has 1 aliphatic carbocycles. The van der Waals surface area contributed by atoms with Crippen LogP contribution in [0.3, 0.4) is 0 Å². The lowest BCUT2D eigenvalue weighted by Gasteiger charge is -2.39. The number of nitrogens with one attached hydrogen (secondary N) is 1. The number of ether oxygens (including phenoxy) is 2. The zero-order valence-corrected chi connectivity index (χ0v) is 19.4. The van der Waals surface area contributed by atoms with Gasteiger partial charge in [0.15, 0.2) is 0 Å². The summed E-state index contributed by atoms with van der Waals surface area (Å²) in [6, 6.07) is 14.7. The zero-order valence-electron chi connectivity index (χ0n) is 19.4. The van der Waals surface area contributed by atoms with E-state index in [1.165, 1.54) is 12.0 Å². The fourth-order valence-electron chi connectivity index (χ4n) is 5.11. The summed E-state index contributed by atoms with van der Waals surface area (Å²) in [6.07, 6.45) is 0.406. The molecule has 0 unspecified atom stereocenters. The first kappa shape index (κ1) is 23.8. The van der Waals surface area contributed by atoms with Crippen molar-refractivity contribution in [2.24, 2.45) is 5.92 Å². The maximum atomic E-state index is 13.2. The zero-order chi connectivity index (χ0) is 24.2. The van der Waals surface area contributed by atoms with Crippen molar-refractivity contribution in [2.45, 2.75) is 37.8 Å². The van der Waals surface area contributed by atoms with Crippen LogP contribution in [0.2, 0.25) is 0 Å². The summed E-state index contributed by atoms with van der Waals surface area (Å²) in [5.74, 6) is -2.00. The van der Waals surface area contributed by atoms with E-state index in [2.05, 4.69) is 17.4 Å². The van der Waals surface area contributed by atoms with Crippen LogP contribution in [0.25, 0.3) is 11.1 Å². The summed E-state index contributed by atoms with van der Waals surface area (Å²) in [6.45, 7) is 2.27. The number of carbonyl (C=O) groups is 3. The Balaban J connectivity index is 1.42. The largest absolute Gasteiger partial charge is 0.481 e. The molecule has 4 rings (SSSR count). The number of carboxylic acids is 1. The van der Waals surface area contributed by atoms with Crippen molar-refractivity contribution in [1.82, 2.24) is 10.2 Å². The van der Waals surface area contributed by atoms with E-state index in [0.717, 1.165) is 22.3 Å². The Hall–Kier alpha value is -3.39. The minimum atomic E-state index is -0.962. The van der Waals surface area contributed by atoms with Gasteiger partial charge in [0.25, 0.3) is 0 Å². The molecule has 1 saturated heterocycles. The predicted octanol–water partition coefficient (Wildman–Crippen LogP) is 3.25. The number of amides is 2. The third kappa shape index (κ3) is 4.63. The molecule has 8 nitrogen and oxygen atoms in total. The molecule has 0 radical (unpaired) electrons. The normalized spacial score (nSPS) is 20.2. The molecule has 8 heteroatoms. The van der Waals surface area contributed by atoms with Gasteiger partial charge in [0, 0.05) is 25.6 Å². The number of piperidine rings is 1. The number of nitrogens with zero attached hydrogens (tertiary/aromatic N) is 1. The lowest BCUT2D eigenvalue weighted by molar-refractivity contribution is -0.150. The van der Waals surface area contributed by atoms with Gasteiger partial charge in [-0.1, -0.05) is 48.5 Å². The average molecular weight is 467 g/mol. The van der Waals surface area contributed by atoms with Gasteiger partial charge in [-0.15, -0.1) is 0 Å². The van der Waals surface area contributed by atoms with Gasteiger partial charge in [-0.05, 0) is 42.0 Å². The van der Waals surface area contributed by atoms with Crippen LogP contribution in [0.1, 0.15) is 36.8 Å². The Labute approximate surface area is 198 Å². The standard InChI is InChI=1S/C26H30N2O6/c1-16-17(25(30)31)12-7-13-28(16)24(29)23(15-33-2)27-26(32)34-14-22-20-10-5-3-8-18(20)19-9-4-6-11-21(19)22/h3-6,8-11,16-17,22-23H,7,12-15H2,1-2H3,(H,27,32)(H,30,31)/t16-,17-,23+/m1/s1. The number of fused-ring (bicyclic) bond motifs is 3. The Morgan fingerprint density at radius 3 is 2.29 bits per heavy atom. The molecule has 1 heterocycles. The summed E-state index contributed by atoms with van der Waals surface area (Å²) < 4.78 is 10.7. The second-order valence-corrected chi connectivity index (χ2v) is 8.84. The van der Waals surface area contributed by atoms with E-state index in [9.17, 15) is 19.5 Å². The van der Waals surface area contributed by atoms with Gasteiger partial charge in [-0.3, -0.25) is 9.59 Å². The van der Waals surface area contributed by atoms with Gasteiger partial charge in [-0.2, -0.15) is 0 Å². The lowest BCUT2D eigenvalue weighted by Crippen LogP contribution is -2.57. The quantitative estimate of drug-likeness (QED) is 0.649. The second kappa shape index (κ2) is 10.3. The van der Waals surface area contributed by atoms with Gasteiger partial charge in [0.1, 0.15) is 12.6 Å². The maximum Gasteiger partial charge on any atom is 0.407 e. The van der Waals surface area contributed by atoms with E-state index in [1.807, 2.05) is 36.4 Å². The van der Waals surface area contributed by atoms with Crippen LogP contribution >= 0.6 is 0 Å². The number of hydrogen-bond acceptors (Lipinski definition) is 5. The van der Waals surface area contributed by atoms with Crippen LogP contribution in [0.4, 0.5) is 4.79 Å². The molecule has 0 spiro atoms. The molecule has 0 saturated carbocycles. The van der Waals surface area contributed by atoms with Crippen molar-refractivity contribution < 1.29 is 29.0 Å². The molecule has 0 bridgehead atoms. The Bertz CT molecular complexity index is 1030. The fraction of sp³-hybridized carbons (Fsp3) is 0.423. The first-order valence-corrected chi connectivity index (χ1v) is 11.6. The molecule has 180 valence electrons. The highest BCUT2D eigenvalue weighted by Crippen LogP contribution is 2.44. The van der Waals surface area contributed by atoms with E-state index >= 15 is 0 Å². The van der Waals surface area contributed by atoms with Gasteiger partial charge in [-0.25, -0.2) is 4.79 Å². The summed E-state index contributed by atoms with van der Waals surface area (Å²) in [5, 5.41) is 12.1. The third-order valence-electron chi connectivity index (χ3n) is 6.86. The predicted molar refractivity (Wildman–Crippen MR) is 125 cm³/mol. The maximum absolute atomic E-state index is 13.2. The van der Waals surface area contributed by atoms with Gasteiger partial charge in [0.2, 0.25) is 5.91 Å². The molecule has 3 atom stereocenters. The summed E-state index contributed by atoms with van der Waals surface area (Å²) in [7, 11) is 1.44. The first-order valence-electron chi connectivity index (χ1n) is 11.6. The molecule has 1 aliphatic heterocycles. The smallest absolute Gasteiger partial charge is 0.407 e. The molecular weight excluding hydrogens is 436 g/mol. The number of aliphatic carboxylic acids is 1. The molecule has 2 amide bonds. The molecular formula is C26H30N2O6. The number of benzene rings is 2. The Kier molecular flexibility index (Phi) is 7.17. The van der Waals surface area contributed by atoms with Crippen molar-refractivity contribution >= 4 is 18.0 Å². The summed E-state index contributed by atoms with van der Waals surface area (Å²) in [5.41, 5.74) is 4.46. The topological polar surface area (TPSA) is 105 Å². The van der Waals surface area contributed by atoms with Crippen LogP contribution in [-0.2, 0) is 19.1 Å². The molecule has 2 N–H and O–H groups in total. The first-order chi connectivity index (χ1) is 16.4. The van der Waals surface area contributed by atoms with Crippen molar-refractivity contribution in [3.63, 3.8) is 0 Å².